The van der Waals surface area contributed by atoms with Crippen molar-refractivity contribution in [3.8, 4) is 0 Å². The standard InChI is InChI=1S/C13H12BrFO/c1-9(4-3-7-14)12-8-10-5-2-6-11(15)13(10)16-12/h2,4-6,8H,3,7H2,1H3/b9-4-. The van der Waals surface area contributed by atoms with Crippen molar-refractivity contribution in [2.24, 2.45) is 0 Å². The molecular weight excluding hydrogens is 271 g/mol. The van der Waals surface area contributed by atoms with Crippen LogP contribution in [0.3, 0.4) is 0 Å². The van der Waals surface area contributed by atoms with E-state index >= 15 is 0 Å². The Morgan fingerprint density at radius 2 is 2.31 bits per heavy atom. The minimum atomic E-state index is -0.308. The Bertz CT molecular complexity index is 528. The molecule has 2 aromatic rings. The first-order valence-corrected chi connectivity index (χ1v) is 6.25. The fraction of sp³-hybridized carbons (Fsp3) is 0.231. The SMILES string of the molecule is C/C(=C/CCBr)c1cc2cccc(F)c2o1. The van der Waals surface area contributed by atoms with Gasteiger partial charge in [-0.2, -0.15) is 0 Å². The molecule has 0 aliphatic heterocycles. The van der Waals surface area contributed by atoms with E-state index in [9.17, 15) is 4.39 Å². The third-order valence-electron chi connectivity index (χ3n) is 2.44. The molecule has 1 aromatic carbocycles. The van der Waals surface area contributed by atoms with Gasteiger partial charge in [-0.15, -0.1) is 0 Å². The molecule has 0 saturated carbocycles. The first-order valence-electron chi connectivity index (χ1n) is 5.13. The van der Waals surface area contributed by atoms with E-state index in [0.29, 0.717) is 5.58 Å². The lowest BCUT2D eigenvalue weighted by molar-refractivity contribution is 0.551. The van der Waals surface area contributed by atoms with Gasteiger partial charge in [-0.3, -0.25) is 0 Å². The summed E-state index contributed by atoms with van der Waals surface area (Å²) in [7, 11) is 0. The summed E-state index contributed by atoms with van der Waals surface area (Å²) in [6, 6.07) is 6.82. The van der Waals surface area contributed by atoms with Gasteiger partial charge in [0.05, 0.1) is 0 Å². The number of rotatable bonds is 3. The number of para-hydroxylation sites is 1. The van der Waals surface area contributed by atoms with Crippen LogP contribution in [0.15, 0.2) is 34.8 Å². The molecule has 0 saturated heterocycles. The Morgan fingerprint density at radius 1 is 1.50 bits per heavy atom. The lowest BCUT2D eigenvalue weighted by atomic mass is 10.2. The molecule has 0 atom stereocenters. The third-order valence-corrected chi connectivity index (χ3v) is 2.90. The maximum Gasteiger partial charge on any atom is 0.170 e. The number of furan rings is 1. The second-order valence-electron chi connectivity index (χ2n) is 3.63. The number of benzene rings is 1. The molecule has 1 aromatic heterocycles. The third kappa shape index (κ3) is 2.19. The molecule has 3 heteroatoms. The molecule has 0 aliphatic carbocycles. The zero-order valence-corrected chi connectivity index (χ0v) is 10.6. The first-order chi connectivity index (χ1) is 7.72. The summed E-state index contributed by atoms with van der Waals surface area (Å²) < 4.78 is 18.9. The Kier molecular flexibility index (Phi) is 3.44. The predicted molar refractivity (Wildman–Crippen MR) is 68.2 cm³/mol. The van der Waals surface area contributed by atoms with Gasteiger partial charge in [0.15, 0.2) is 11.4 Å². The summed E-state index contributed by atoms with van der Waals surface area (Å²) in [5.74, 6) is 0.429. The van der Waals surface area contributed by atoms with Gasteiger partial charge < -0.3 is 4.42 Å². The zero-order valence-electron chi connectivity index (χ0n) is 8.97. The highest BCUT2D eigenvalue weighted by Crippen LogP contribution is 2.26. The van der Waals surface area contributed by atoms with Crippen LogP contribution in [0.1, 0.15) is 19.1 Å². The van der Waals surface area contributed by atoms with Gasteiger partial charge in [0.25, 0.3) is 0 Å². The second-order valence-corrected chi connectivity index (χ2v) is 4.43. The van der Waals surface area contributed by atoms with Crippen LogP contribution in [-0.4, -0.2) is 5.33 Å². The van der Waals surface area contributed by atoms with Crippen molar-refractivity contribution in [3.05, 3.63) is 41.9 Å². The molecule has 0 fully saturated rings. The van der Waals surface area contributed by atoms with E-state index in [1.165, 1.54) is 6.07 Å². The average molecular weight is 283 g/mol. The summed E-state index contributed by atoms with van der Waals surface area (Å²) in [5.41, 5.74) is 1.37. The van der Waals surface area contributed by atoms with Crippen molar-refractivity contribution in [1.82, 2.24) is 0 Å². The second kappa shape index (κ2) is 4.83. The Labute approximate surface area is 102 Å². The number of halogens is 2. The Morgan fingerprint density at radius 3 is 3.00 bits per heavy atom. The minimum absolute atomic E-state index is 0.308. The molecule has 84 valence electrons. The van der Waals surface area contributed by atoms with Gasteiger partial charge in [-0.1, -0.05) is 34.1 Å². The van der Waals surface area contributed by atoms with Gasteiger partial charge in [-0.05, 0) is 31.1 Å². The molecule has 1 heterocycles. The summed E-state index contributed by atoms with van der Waals surface area (Å²) in [5, 5.41) is 1.72. The molecule has 0 spiro atoms. The number of hydrogen-bond acceptors (Lipinski definition) is 1. The van der Waals surface area contributed by atoms with Gasteiger partial charge in [0.2, 0.25) is 0 Å². The largest absolute Gasteiger partial charge is 0.453 e. The van der Waals surface area contributed by atoms with Gasteiger partial charge in [0, 0.05) is 10.7 Å². The normalized spacial score (nSPS) is 12.3. The monoisotopic (exact) mass is 282 g/mol. The zero-order chi connectivity index (χ0) is 11.5. The Hall–Kier alpha value is -1.09. The number of allylic oxidation sites excluding steroid dienone is 2. The smallest absolute Gasteiger partial charge is 0.170 e. The van der Waals surface area contributed by atoms with E-state index in [1.807, 2.05) is 19.1 Å². The van der Waals surface area contributed by atoms with E-state index in [4.69, 9.17) is 4.42 Å². The fourth-order valence-electron chi connectivity index (χ4n) is 1.59. The van der Waals surface area contributed by atoms with Crippen LogP contribution in [0, 0.1) is 5.82 Å². The maximum absolute atomic E-state index is 13.4. The molecule has 2 rings (SSSR count). The molecule has 0 aliphatic rings. The van der Waals surface area contributed by atoms with Crippen molar-refractivity contribution < 1.29 is 8.81 Å². The first kappa shape index (κ1) is 11.4. The van der Waals surface area contributed by atoms with E-state index in [-0.39, 0.29) is 5.82 Å². The molecule has 16 heavy (non-hydrogen) atoms. The molecule has 0 amide bonds. The molecular formula is C13H12BrFO. The van der Waals surface area contributed by atoms with Crippen LogP contribution in [0.4, 0.5) is 4.39 Å². The quantitative estimate of drug-likeness (QED) is 0.740. The van der Waals surface area contributed by atoms with Crippen LogP contribution < -0.4 is 0 Å². The summed E-state index contributed by atoms with van der Waals surface area (Å²) >= 11 is 3.36. The summed E-state index contributed by atoms with van der Waals surface area (Å²) in [4.78, 5) is 0. The highest BCUT2D eigenvalue weighted by atomic mass is 79.9. The molecule has 0 radical (unpaired) electrons. The van der Waals surface area contributed by atoms with Crippen molar-refractivity contribution >= 4 is 32.5 Å². The van der Waals surface area contributed by atoms with E-state index < -0.39 is 0 Å². The van der Waals surface area contributed by atoms with Crippen molar-refractivity contribution in [3.63, 3.8) is 0 Å². The van der Waals surface area contributed by atoms with Crippen molar-refractivity contribution in [2.45, 2.75) is 13.3 Å². The molecule has 1 nitrogen and oxygen atoms in total. The van der Waals surface area contributed by atoms with Gasteiger partial charge in [0.1, 0.15) is 5.76 Å². The van der Waals surface area contributed by atoms with Crippen LogP contribution in [0.5, 0.6) is 0 Å². The Balaban J connectivity index is 2.43. The average Bonchev–Trinajstić information content (AvgIpc) is 2.71. The summed E-state index contributed by atoms with van der Waals surface area (Å²) in [6.45, 7) is 1.97. The van der Waals surface area contributed by atoms with E-state index in [0.717, 1.165) is 28.5 Å². The number of fused-ring (bicyclic) bond motifs is 1. The highest BCUT2D eigenvalue weighted by molar-refractivity contribution is 9.09. The molecule has 0 unspecified atom stereocenters. The van der Waals surface area contributed by atoms with Crippen LogP contribution in [0.2, 0.25) is 0 Å². The van der Waals surface area contributed by atoms with Crippen LogP contribution in [-0.2, 0) is 0 Å². The fourth-order valence-corrected chi connectivity index (χ4v) is 1.82. The minimum Gasteiger partial charge on any atom is -0.453 e. The molecule has 0 bridgehead atoms. The topological polar surface area (TPSA) is 13.1 Å². The number of hydrogen-bond donors (Lipinski definition) is 0. The van der Waals surface area contributed by atoms with Gasteiger partial charge >= 0.3 is 0 Å². The van der Waals surface area contributed by atoms with Crippen LogP contribution >= 0.6 is 15.9 Å². The highest BCUT2D eigenvalue weighted by Gasteiger charge is 2.08. The van der Waals surface area contributed by atoms with Crippen LogP contribution in [0.25, 0.3) is 16.5 Å². The number of alkyl halides is 1. The van der Waals surface area contributed by atoms with E-state index in [1.54, 1.807) is 6.07 Å². The maximum atomic E-state index is 13.4. The molecule has 0 N–H and O–H groups in total. The van der Waals surface area contributed by atoms with Gasteiger partial charge in [-0.25, -0.2) is 4.39 Å². The summed E-state index contributed by atoms with van der Waals surface area (Å²) in [6.07, 6.45) is 3.01. The van der Waals surface area contributed by atoms with E-state index in [2.05, 4.69) is 22.0 Å². The lowest BCUT2D eigenvalue weighted by Crippen LogP contribution is -1.75. The predicted octanol–water partition coefficient (Wildman–Crippen LogP) is 4.76. The van der Waals surface area contributed by atoms with Crippen molar-refractivity contribution in [2.75, 3.05) is 5.33 Å². The van der Waals surface area contributed by atoms with Crippen molar-refractivity contribution in [1.29, 1.82) is 0 Å². The lowest BCUT2D eigenvalue weighted by Gasteiger charge is -1.94.